The van der Waals surface area contributed by atoms with Gasteiger partial charge in [-0.25, -0.2) is 4.98 Å². The number of rotatable bonds is 7. The summed E-state index contributed by atoms with van der Waals surface area (Å²) in [6.45, 7) is 8.37. The average molecular weight is 440 g/mol. The lowest BCUT2D eigenvalue weighted by Crippen LogP contribution is -2.27. The van der Waals surface area contributed by atoms with Crippen LogP contribution in [0.4, 0.5) is 10.8 Å². The molecule has 0 spiro atoms. The lowest BCUT2D eigenvalue weighted by atomic mass is 9.95. The van der Waals surface area contributed by atoms with E-state index >= 15 is 0 Å². The van der Waals surface area contributed by atoms with Gasteiger partial charge in [0.1, 0.15) is 0 Å². The zero-order valence-electron chi connectivity index (χ0n) is 18.8. The Hall–Kier alpha value is -3.06. The molecule has 0 bridgehead atoms. The van der Waals surface area contributed by atoms with Crippen LogP contribution in [0.3, 0.4) is 0 Å². The first-order valence-corrected chi connectivity index (χ1v) is 10.9. The monoisotopic (exact) mass is 439 g/mol. The first-order valence-electron chi connectivity index (χ1n) is 10.1. The molecule has 31 heavy (non-hydrogen) atoms. The standard InChI is InChI=1S/C24H29N3O3S/c1-15-21(17-8-10-18(11-9-17)26-22(28)24(2,3)4)27-23(31-15)25-14-16-7-12-19(29-5)20(13-16)30-6/h7-13H,14H2,1-6H3,(H,25,27)(H,26,28). The van der Waals surface area contributed by atoms with Crippen LogP contribution in [0, 0.1) is 12.3 Å². The first kappa shape index (κ1) is 22.6. The Morgan fingerprint density at radius 1 is 1.03 bits per heavy atom. The molecule has 0 aliphatic rings. The van der Waals surface area contributed by atoms with Gasteiger partial charge in [-0.05, 0) is 36.8 Å². The molecule has 0 saturated carbocycles. The van der Waals surface area contributed by atoms with E-state index in [4.69, 9.17) is 14.5 Å². The van der Waals surface area contributed by atoms with Crippen LogP contribution in [0.25, 0.3) is 11.3 Å². The highest BCUT2D eigenvalue weighted by Gasteiger charge is 2.21. The van der Waals surface area contributed by atoms with Gasteiger partial charge in [0.25, 0.3) is 0 Å². The molecule has 1 aromatic heterocycles. The molecule has 3 rings (SSSR count). The van der Waals surface area contributed by atoms with Crippen molar-refractivity contribution in [2.45, 2.75) is 34.2 Å². The molecule has 6 nitrogen and oxygen atoms in total. The van der Waals surface area contributed by atoms with Crippen LogP contribution in [0.2, 0.25) is 0 Å². The molecule has 0 aliphatic carbocycles. The summed E-state index contributed by atoms with van der Waals surface area (Å²) in [6, 6.07) is 13.6. The SMILES string of the molecule is COc1ccc(CNc2nc(-c3ccc(NC(=O)C(C)(C)C)cc3)c(C)s2)cc1OC. The van der Waals surface area contributed by atoms with Crippen molar-refractivity contribution in [2.24, 2.45) is 5.41 Å². The minimum Gasteiger partial charge on any atom is -0.493 e. The molecule has 3 aromatic rings. The van der Waals surface area contributed by atoms with E-state index in [1.807, 2.05) is 63.2 Å². The van der Waals surface area contributed by atoms with Crippen LogP contribution in [0.15, 0.2) is 42.5 Å². The zero-order chi connectivity index (χ0) is 22.6. The van der Waals surface area contributed by atoms with Gasteiger partial charge in [-0.1, -0.05) is 39.0 Å². The van der Waals surface area contributed by atoms with E-state index in [1.54, 1.807) is 25.6 Å². The summed E-state index contributed by atoms with van der Waals surface area (Å²) in [7, 11) is 3.26. The Bertz CT molecular complexity index is 1050. The van der Waals surface area contributed by atoms with E-state index < -0.39 is 5.41 Å². The number of carbonyl (C=O) groups excluding carboxylic acids is 1. The van der Waals surface area contributed by atoms with Crippen molar-refractivity contribution >= 4 is 28.1 Å². The molecule has 1 heterocycles. The predicted octanol–water partition coefficient (Wildman–Crippen LogP) is 5.73. The number of thiazole rings is 1. The van der Waals surface area contributed by atoms with Crippen molar-refractivity contribution in [3.8, 4) is 22.8 Å². The number of hydrogen-bond acceptors (Lipinski definition) is 6. The van der Waals surface area contributed by atoms with Crippen LogP contribution < -0.4 is 20.1 Å². The molecule has 0 saturated heterocycles. The maximum Gasteiger partial charge on any atom is 0.229 e. The third-order valence-corrected chi connectivity index (χ3v) is 5.71. The van der Waals surface area contributed by atoms with Gasteiger partial charge < -0.3 is 20.1 Å². The average Bonchev–Trinajstić information content (AvgIpc) is 3.12. The number of anilines is 2. The zero-order valence-corrected chi connectivity index (χ0v) is 19.6. The number of nitrogens with zero attached hydrogens (tertiary/aromatic N) is 1. The number of methoxy groups -OCH3 is 2. The molecule has 7 heteroatoms. The molecule has 0 unspecified atom stereocenters. The smallest absolute Gasteiger partial charge is 0.229 e. The number of carbonyl (C=O) groups is 1. The lowest BCUT2D eigenvalue weighted by Gasteiger charge is -2.17. The number of hydrogen-bond donors (Lipinski definition) is 2. The minimum absolute atomic E-state index is 0.00765. The van der Waals surface area contributed by atoms with Crippen LogP contribution in [-0.2, 0) is 11.3 Å². The molecular formula is C24H29N3O3S. The summed E-state index contributed by atoms with van der Waals surface area (Å²) >= 11 is 1.62. The predicted molar refractivity (Wildman–Crippen MR) is 127 cm³/mol. The molecule has 1 amide bonds. The summed E-state index contributed by atoms with van der Waals surface area (Å²) in [4.78, 5) is 18.1. The second kappa shape index (κ2) is 9.39. The summed E-state index contributed by atoms with van der Waals surface area (Å²) < 4.78 is 10.7. The van der Waals surface area contributed by atoms with Gasteiger partial charge >= 0.3 is 0 Å². The van der Waals surface area contributed by atoms with Crippen molar-refractivity contribution < 1.29 is 14.3 Å². The topological polar surface area (TPSA) is 72.5 Å². The van der Waals surface area contributed by atoms with Crippen LogP contribution in [0.1, 0.15) is 31.2 Å². The molecule has 0 aliphatic heterocycles. The number of aromatic nitrogens is 1. The second-order valence-electron chi connectivity index (χ2n) is 8.25. The molecule has 0 radical (unpaired) electrons. The molecule has 2 N–H and O–H groups in total. The van der Waals surface area contributed by atoms with Crippen LogP contribution >= 0.6 is 11.3 Å². The van der Waals surface area contributed by atoms with Gasteiger partial charge in [0.15, 0.2) is 16.6 Å². The molecule has 0 atom stereocenters. The Morgan fingerprint density at radius 2 is 1.71 bits per heavy atom. The van der Waals surface area contributed by atoms with E-state index in [0.717, 1.165) is 32.5 Å². The van der Waals surface area contributed by atoms with Crippen LogP contribution in [-0.4, -0.2) is 25.1 Å². The summed E-state index contributed by atoms with van der Waals surface area (Å²) in [5.41, 5.74) is 3.38. The van der Waals surface area contributed by atoms with Gasteiger partial charge in [-0.15, -0.1) is 11.3 Å². The van der Waals surface area contributed by atoms with Gasteiger partial charge in [-0.3, -0.25) is 4.79 Å². The number of benzene rings is 2. The normalized spacial score (nSPS) is 11.2. The van der Waals surface area contributed by atoms with E-state index in [-0.39, 0.29) is 5.91 Å². The van der Waals surface area contributed by atoms with Gasteiger partial charge in [0.2, 0.25) is 5.91 Å². The van der Waals surface area contributed by atoms with Gasteiger partial charge in [0, 0.05) is 28.1 Å². The van der Waals surface area contributed by atoms with Gasteiger partial charge in [0.05, 0.1) is 19.9 Å². The quantitative estimate of drug-likeness (QED) is 0.492. The van der Waals surface area contributed by atoms with E-state index in [0.29, 0.717) is 18.0 Å². The lowest BCUT2D eigenvalue weighted by molar-refractivity contribution is -0.123. The molecule has 164 valence electrons. The molecule has 2 aromatic carbocycles. The van der Waals surface area contributed by atoms with E-state index in [2.05, 4.69) is 17.6 Å². The van der Waals surface area contributed by atoms with Gasteiger partial charge in [-0.2, -0.15) is 0 Å². The van der Waals surface area contributed by atoms with Crippen molar-refractivity contribution in [1.82, 2.24) is 4.98 Å². The molecular weight excluding hydrogens is 410 g/mol. The van der Waals surface area contributed by atoms with Crippen molar-refractivity contribution in [1.29, 1.82) is 0 Å². The number of ether oxygens (including phenoxy) is 2. The largest absolute Gasteiger partial charge is 0.493 e. The Labute approximate surface area is 187 Å². The van der Waals surface area contributed by atoms with Crippen molar-refractivity contribution in [3.63, 3.8) is 0 Å². The van der Waals surface area contributed by atoms with Crippen molar-refractivity contribution in [2.75, 3.05) is 24.9 Å². The fourth-order valence-electron chi connectivity index (χ4n) is 2.94. The van der Waals surface area contributed by atoms with E-state index in [1.165, 1.54) is 0 Å². The Morgan fingerprint density at radius 3 is 2.32 bits per heavy atom. The Balaban J connectivity index is 1.69. The molecule has 0 fully saturated rings. The number of nitrogens with one attached hydrogen (secondary N) is 2. The summed E-state index contributed by atoms with van der Waals surface area (Å²) in [5, 5.41) is 7.19. The highest BCUT2D eigenvalue weighted by Crippen LogP contribution is 2.32. The van der Waals surface area contributed by atoms with Crippen LogP contribution in [0.5, 0.6) is 11.5 Å². The third-order valence-electron chi connectivity index (χ3n) is 4.79. The maximum absolute atomic E-state index is 12.2. The first-order chi connectivity index (χ1) is 14.7. The summed E-state index contributed by atoms with van der Waals surface area (Å²) in [5.74, 6) is 1.41. The Kier molecular flexibility index (Phi) is 6.85. The minimum atomic E-state index is -0.432. The third kappa shape index (κ3) is 5.55. The van der Waals surface area contributed by atoms with Crippen molar-refractivity contribution in [3.05, 3.63) is 52.9 Å². The van der Waals surface area contributed by atoms with E-state index in [9.17, 15) is 4.79 Å². The fourth-order valence-corrected chi connectivity index (χ4v) is 3.77. The number of aryl methyl sites for hydroxylation is 1. The number of amides is 1. The second-order valence-corrected chi connectivity index (χ2v) is 9.45. The summed E-state index contributed by atoms with van der Waals surface area (Å²) in [6.07, 6.45) is 0. The highest BCUT2D eigenvalue weighted by atomic mass is 32.1. The fraction of sp³-hybridized carbons (Fsp3) is 0.333. The highest BCUT2D eigenvalue weighted by molar-refractivity contribution is 7.16. The maximum atomic E-state index is 12.2.